The number of aromatic nitrogens is 3. The predicted octanol–water partition coefficient (Wildman–Crippen LogP) is 4.99. The molecule has 25 heavy (non-hydrogen) atoms. The number of thioether (sulfide) groups is 1. The van der Waals surface area contributed by atoms with Gasteiger partial charge in [-0.2, -0.15) is 9.78 Å². The van der Waals surface area contributed by atoms with E-state index in [4.69, 9.17) is 0 Å². The molecule has 128 valence electrons. The van der Waals surface area contributed by atoms with E-state index in [1.165, 1.54) is 5.56 Å². The lowest BCUT2D eigenvalue weighted by molar-refractivity contribution is 0.468. The van der Waals surface area contributed by atoms with E-state index in [1.807, 2.05) is 25.1 Å². The van der Waals surface area contributed by atoms with Crippen LogP contribution in [0.5, 0.6) is 5.75 Å². The second-order valence-corrected chi connectivity index (χ2v) is 7.84. The summed E-state index contributed by atoms with van der Waals surface area (Å²) in [4.78, 5) is 0. The third kappa shape index (κ3) is 4.50. The smallest absolute Gasteiger partial charge is 0.212 e. The number of hydrogen-bond acceptors (Lipinski definition) is 5. The van der Waals surface area contributed by atoms with Crippen molar-refractivity contribution < 1.29 is 5.11 Å². The number of phenols is 1. The van der Waals surface area contributed by atoms with Crippen molar-refractivity contribution >= 4 is 49.8 Å². The molecule has 0 atom stereocenters. The molecule has 0 fully saturated rings. The third-order valence-corrected chi connectivity index (χ3v) is 5.54. The monoisotopic (exact) mass is 480 g/mol. The molecule has 1 heterocycles. The van der Waals surface area contributed by atoms with Gasteiger partial charge in [0.15, 0.2) is 5.82 Å². The van der Waals surface area contributed by atoms with E-state index < -0.39 is 0 Å². The van der Waals surface area contributed by atoms with Crippen molar-refractivity contribution in [3.05, 3.63) is 68.4 Å². The predicted molar refractivity (Wildman–Crippen MR) is 107 cm³/mol. The highest BCUT2D eigenvalue weighted by Gasteiger charge is 2.09. The number of nitrogens with zero attached hydrogens (tertiary/aromatic N) is 4. The summed E-state index contributed by atoms with van der Waals surface area (Å²) < 4.78 is 2.91. The van der Waals surface area contributed by atoms with Crippen molar-refractivity contribution in [2.45, 2.75) is 17.8 Å². The van der Waals surface area contributed by atoms with Crippen LogP contribution in [-0.2, 0) is 5.75 Å². The summed E-state index contributed by atoms with van der Waals surface area (Å²) in [5, 5.41) is 23.3. The van der Waals surface area contributed by atoms with Gasteiger partial charge in [-0.3, -0.25) is 0 Å². The van der Waals surface area contributed by atoms with Crippen molar-refractivity contribution in [2.75, 3.05) is 0 Å². The summed E-state index contributed by atoms with van der Waals surface area (Å²) in [6, 6.07) is 13.8. The molecular formula is C17H14Br2N4OS. The summed E-state index contributed by atoms with van der Waals surface area (Å²) in [6.45, 7) is 1.86. The molecular weight excluding hydrogens is 468 g/mol. The molecule has 0 amide bonds. The van der Waals surface area contributed by atoms with Gasteiger partial charge in [-0.1, -0.05) is 42.1 Å². The molecule has 2 aromatic carbocycles. The number of hydrogen-bond donors (Lipinski definition) is 1. The lowest BCUT2D eigenvalue weighted by Gasteiger charge is -2.04. The average molecular weight is 482 g/mol. The van der Waals surface area contributed by atoms with Gasteiger partial charge >= 0.3 is 0 Å². The Morgan fingerprint density at radius 2 is 1.84 bits per heavy atom. The number of benzene rings is 2. The molecule has 0 aliphatic heterocycles. The van der Waals surface area contributed by atoms with Crippen molar-refractivity contribution in [3.8, 4) is 5.75 Å². The number of aromatic hydroxyl groups is 1. The topological polar surface area (TPSA) is 63.3 Å². The highest BCUT2D eigenvalue weighted by Crippen LogP contribution is 2.32. The molecule has 0 radical (unpaired) electrons. The molecule has 0 saturated carbocycles. The van der Waals surface area contributed by atoms with Gasteiger partial charge in [0.1, 0.15) is 5.75 Å². The summed E-state index contributed by atoms with van der Waals surface area (Å²) in [6.07, 6.45) is 1.71. The molecule has 1 aromatic heterocycles. The summed E-state index contributed by atoms with van der Waals surface area (Å²) in [7, 11) is 0. The Morgan fingerprint density at radius 1 is 1.16 bits per heavy atom. The minimum absolute atomic E-state index is 0.164. The zero-order chi connectivity index (χ0) is 17.8. The zero-order valence-corrected chi connectivity index (χ0v) is 17.2. The first-order valence-corrected chi connectivity index (χ1v) is 9.93. The standard InChI is InChI=1S/C17H14Br2N4OS/c1-11-21-22-17(25-10-12-5-3-2-4-6-12)23(11)20-9-13-7-14(18)16(24)15(19)8-13/h2-9,24H,10H2,1H3/b20-9+. The Balaban J connectivity index is 1.80. The van der Waals surface area contributed by atoms with Crippen LogP contribution in [0, 0.1) is 6.92 Å². The van der Waals surface area contributed by atoms with E-state index in [2.05, 4.69) is 59.3 Å². The van der Waals surface area contributed by atoms with E-state index in [0.717, 1.165) is 16.5 Å². The zero-order valence-electron chi connectivity index (χ0n) is 13.2. The fourth-order valence-electron chi connectivity index (χ4n) is 2.07. The van der Waals surface area contributed by atoms with E-state index in [0.29, 0.717) is 14.8 Å². The second kappa shape index (κ2) is 8.16. The molecule has 0 aliphatic carbocycles. The lowest BCUT2D eigenvalue weighted by Crippen LogP contribution is -1.96. The Hall–Kier alpha value is -1.64. The van der Waals surface area contributed by atoms with Gasteiger partial charge in [0.2, 0.25) is 5.16 Å². The number of aryl methyl sites for hydroxylation is 1. The molecule has 1 N–H and O–H groups in total. The van der Waals surface area contributed by atoms with Gasteiger partial charge in [-0.05, 0) is 62.0 Å². The van der Waals surface area contributed by atoms with Crippen LogP contribution in [0.25, 0.3) is 0 Å². The fraction of sp³-hybridized carbons (Fsp3) is 0.118. The molecule has 8 heteroatoms. The van der Waals surface area contributed by atoms with Crippen LogP contribution < -0.4 is 0 Å². The van der Waals surface area contributed by atoms with E-state index in [9.17, 15) is 5.11 Å². The fourth-order valence-corrected chi connectivity index (χ4v) is 4.18. The van der Waals surface area contributed by atoms with Crippen LogP contribution >= 0.6 is 43.6 Å². The first kappa shape index (κ1) is 18.2. The average Bonchev–Trinajstić information content (AvgIpc) is 2.96. The highest BCUT2D eigenvalue weighted by molar-refractivity contribution is 9.11. The maximum atomic E-state index is 9.78. The Bertz CT molecular complexity index is 889. The highest BCUT2D eigenvalue weighted by atomic mass is 79.9. The quantitative estimate of drug-likeness (QED) is 0.411. The largest absolute Gasteiger partial charge is 0.506 e. The molecule has 3 aromatic rings. The van der Waals surface area contributed by atoms with E-state index in [1.54, 1.807) is 34.8 Å². The van der Waals surface area contributed by atoms with Crippen LogP contribution in [0.4, 0.5) is 0 Å². The van der Waals surface area contributed by atoms with E-state index >= 15 is 0 Å². The van der Waals surface area contributed by atoms with Gasteiger partial charge in [-0.15, -0.1) is 10.2 Å². The van der Waals surface area contributed by atoms with E-state index in [-0.39, 0.29) is 5.75 Å². The van der Waals surface area contributed by atoms with Crippen molar-refractivity contribution in [1.29, 1.82) is 0 Å². The van der Waals surface area contributed by atoms with Gasteiger partial charge in [0, 0.05) is 5.75 Å². The summed E-state index contributed by atoms with van der Waals surface area (Å²) in [5.74, 6) is 1.67. The Kier molecular flexibility index (Phi) is 5.93. The SMILES string of the molecule is Cc1nnc(SCc2ccccc2)n1/N=C/c1cc(Br)c(O)c(Br)c1. The molecule has 3 rings (SSSR count). The number of halogens is 2. The second-order valence-electron chi connectivity index (χ2n) is 5.19. The van der Waals surface area contributed by atoms with Gasteiger partial charge in [0.25, 0.3) is 0 Å². The van der Waals surface area contributed by atoms with Crippen LogP contribution in [0.15, 0.2) is 61.7 Å². The minimum Gasteiger partial charge on any atom is -0.506 e. The molecule has 0 saturated heterocycles. The van der Waals surface area contributed by atoms with Crippen molar-refractivity contribution in [1.82, 2.24) is 14.9 Å². The Morgan fingerprint density at radius 3 is 2.52 bits per heavy atom. The van der Waals surface area contributed by atoms with Gasteiger partial charge in [-0.25, -0.2) is 0 Å². The van der Waals surface area contributed by atoms with Crippen LogP contribution in [0.2, 0.25) is 0 Å². The van der Waals surface area contributed by atoms with Crippen LogP contribution in [-0.4, -0.2) is 26.2 Å². The van der Waals surface area contributed by atoms with Crippen LogP contribution in [0.1, 0.15) is 17.0 Å². The lowest BCUT2D eigenvalue weighted by atomic mass is 10.2. The van der Waals surface area contributed by atoms with Gasteiger partial charge < -0.3 is 5.11 Å². The van der Waals surface area contributed by atoms with Crippen molar-refractivity contribution in [3.63, 3.8) is 0 Å². The minimum atomic E-state index is 0.164. The molecule has 0 aliphatic rings. The maximum Gasteiger partial charge on any atom is 0.212 e. The summed E-state index contributed by atoms with van der Waals surface area (Å²) >= 11 is 8.22. The third-order valence-electron chi connectivity index (χ3n) is 3.34. The normalized spacial score (nSPS) is 11.3. The summed E-state index contributed by atoms with van der Waals surface area (Å²) in [5.41, 5.74) is 2.05. The first-order valence-electron chi connectivity index (χ1n) is 7.35. The molecule has 0 bridgehead atoms. The molecule has 0 spiro atoms. The first-order chi connectivity index (χ1) is 12.0. The van der Waals surface area contributed by atoms with Gasteiger partial charge in [0.05, 0.1) is 15.2 Å². The van der Waals surface area contributed by atoms with Crippen LogP contribution in [0.3, 0.4) is 0 Å². The maximum absolute atomic E-state index is 9.78. The molecule has 0 unspecified atom stereocenters. The Labute approximate surface area is 166 Å². The number of rotatable bonds is 5. The van der Waals surface area contributed by atoms with Crippen molar-refractivity contribution in [2.24, 2.45) is 5.10 Å². The number of phenolic OH excluding ortho intramolecular Hbond substituents is 1. The molecule has 5 nitrogen and oxygen atoms in total.